The quantitative estimate of drug-likeness (QED) is 0.757. The van der Waals surface area contributed by atoms with Gasteiger partial charge in [-0.2, -0.15) is 0 Å². The molecule has 0 aromatic carbocycles. The van der Waals surface area contributed by atoms with E-state index in [0.717, 1.165) is 25.9 Å². The predicted octanol–water partition coefficient (Wildman–Crippen LogP) is 0.698. The van der Waals surface area contributed by atoms with Gasteiger partial charge in [-0.3, -0.25) is 14.5 Å². The summed E-state index contributed by atoms with van der Waals surface area (Å²) >= 11 is 0. The maximum atomic E-state index is 11.9. The average molecular weight is 254 g/mol. The Morgan fingerprint density at radius 1 is 1.56 bits per heavy atom. The van der Waals surface area contributed by atoms with E-state index >= 15 is 0 Å². The van der Waals surface area contributed by atoms with Gasteiger partial charge < -0.3 is 10.4 Å². The van der Waals surface area contributed by atoms with Gasteiger partial charge in [-0.1, -0.05) is 13.8 Å². The molecule has 18 heavy (non-hydrogen) atoms. The van der Waals surface area contributed by atoms with E-state index in [0.29, 0.717) is 6.54 Å². The Hall–Kier alpha value is -1.10. The van der Waals surface area contributed by atoms with Gasteiger partial charge in [0.25, 0.3) is 0 Å². The molecule has 2 N–H and O–H groups in total. The summed E-state index contributed by atoms with van der Waals surface area (Å²) in [5.41, 5.74) is -0.0728. The Morgan fingerprint density at radius 2 is 2.22 bits per heavy atom. The molecule has 1 atom stereocenters. The van der Waals surface area contributed by atoms with E-state index in [9.17, 15) is 9.59 Å². The van der Waals surface area contributed by atoms with E-state index in [1.807, 2.05) is 13.8 Å². The highest BCUT2D eigenvalue weighted by Crippen LogP contribution is 2.49. The summed E-state index contributed by atoms with van der Waals surface area (Å²) in [6, 6.07) is -0.106. The molecule has 0 aromatic heterocycles. The summed E-state index contributed by atoms with van der Waals surface area (Å²) < 4.78 is 0. The molecule has 2 aliphatic rings. The maximum absolute atomic E-state index is 11.9. The summed E-state index contributed by atoms with van der Waals surface area (Å²) in [6.07, 6.45) is 2.18. The number of piperazine rings is 1. The third-order valence-electron chi connectivity index (χ3n) is 4.01. The zero-order valence-electron chi connectivity index (χ0n) is 11.1. The van der Waals surface area contributed by atoms with E-state index < -0.39 is 5.97 Å². The maximum Gasteiger partial charge on any atom is 0.303 e. The van der Waals surface area contributed by atoms with E-state index in [2.05, 4.69) is 10.2 Å². The Morgan fingerprint density at radius 3 is 2.72 bits per heavy atom. The molecule has 1 aliphatic heterocycles. The van der Waals surface area contributed by atoms with Gasteiger partial charge in [-0.15, -0.1) is 0 Å². The Labute approximate surface area is 108 Å². The van der Waals surface area contributed by atoms with Crippen LogP contribution in [-0.4, -0.2) is 47.6 Å². The van der Waals surface area contributed by atoms with Crippen molar-refractivity contribution in [2.75, 3.05) is 19.6 Å². The zero-order valence-corrected chi connectivity index (χ0v) is 11.1. The largest absolute Gasteiger partial charge is 0.481 e. The monoisotopic (exact) mass is 254 g/mol. The molecule has 1 unspecified atom stereocenters. The van der Waals surface area contributed by atoms with Crippen LogP contribution in [0, 0.1) is 11.3 Å². The van der Waals surface area contributed by atoms with Gasteiger partial charge >= 0.3 is 5.97 Å². The van der Waals surface area contributed by atoms with Gasteiger partial charge in [-0.25, -0.2) is 0 Å². The third-order valence-corrected chi connectivity index (χ3v) is 4.01. The lowest BCUT2D eigenvalue weighted by atomic mass is 9.95. The summed E-state index contributed by atoms with van der Waals surface area (Å²) in [5.74, 6) is -0.386. The van der Waals surface area contributed by atoms with Crippen LogP contribution in [-0.2, 0) is 9.59 Å². The number of rotatable bonds is 5. The molecule has 0 bridgehead atoms. The highest BCUT2D eigenvalue weighted by molar-refractivity contribution is 5.82. The van der Waals surface area contributed by atoms with Crippen molar-refractivity contribution < 1.29 is 14.7 Å². The molecule has 1 saturated carbocycles. The highest BCUT2D eigenvalue weighted by atomic mass is 16.4. The van der Waals surface area contributed by atoms with Crippen LogP contribution in [0.15, 0.2) is 0 Å². The Balaban J connectivity index is 2.02. The second kappa shape index (κ2) is 4.88. The van der Waals surface area contributed by atoms with Crippen molar-refractivity contribution in [3.8, 4) is 0 Å². The zero-order chi connectivity index (χ0) is 13.3. The average Bonchev–Trinajstić information content (AvgIpc) is 2.95. The van der Waals surface area contributed by atoms with Crippen LogP contribution in [0.4, 0.5) is 0 Å². The Bertz CT molecular complexity index is 350. The number of hydrogen-bond acceptors (Lipinski definition) is 3. The number of nitrogens with one attached hydrogen (secondary N) is 1. The molecule has 2 fully saturated rings. The van der Waals surface area contributed by atoms with Crippen LogP contribution in [0.5, 0.6) is 0 Å². The van der Waals surface area contributed by atoms with Crippen molar-refractivity contribution in [3.05, 3.63) is 0 Å². The minimum absolute atomic E-state index is 0.0728. The number of carboxylic acid groups (broad SMARTS) is 1. The first-order chi connectivity index (χ1) is 8.43. The number of carboxylic acids is 1. The molecule has 2 rings (SSSR count). The lowest BCUT2D eigenvalue weighted by Crippen LogP contribution is -2.58. The molecule has 1 amide bonds. The summed E-state index contributed by atoms with van der Waals surface area (Å²) in [4.78, 5) is 25.0. The SMILES string of the molecule is CC(C)C1C(=O)NCCN1CC1(CC(=O)O)CC1. The van der Waals surface area contributed by atoms with Crippen LogP contribution in [0.1, 0.15) is 33.1 Å². The van der Waals surface area contributed by atoms with Crippen LogP contribution < -0.4 is 5.32 Å². The van der Waals surface area contributed by atoms with E-state index in [1.54, 1.807) is 0 Å². The van der Waals surface area contributed by atoms with Crippen LogP contribution in [0.25, 0.3) is 0 Å². The van der Waals surface area contributed by atoms with Crippen LogP contribution in [0.3, 0.4) is 0 Å². The number of amides is 1. The van der Waals surface area contributed by atoms with Crippen molar-refractivity contribution in [3.63, 3.8) is 0 Å². The molecule has 0 spiro atoms. The topological polar surface area (TPSA) is 69.6 Å². The first-order valence-corrected chi connectivity index (χ1v) is 6.67. The van der Waals surface area contributed by atoms with Crippen molar-refractivity contribution in [1.82, 2.24) is 10.2 Å². The summed E-state index contributed by atoms with van der Waals surface area (Å²) in [6.45, 7) is 6.33. The molecular formula is C13H22N2O3. The first-order valence-electron chi connectivity index (χ1n) is 6.67. The molecule has 0 radical (unpaired) electrons. The lowest BCUT2D eigenvalue weighted by Gasteiger charge is -2.39. The van der Waals surface area contributed by atoms with Crippen molar-refractivity contribution in [2.45, 2.75) is 39.2 Å². The molecule has 5 nitrogen and oxygen atoms in total. The molecule has 0 aromatic rings. The van der Waals surface area contributed by atoms with E-state index in [4.69, 9.17) is 5.11 Å². The van der Waals surface area contributed by atoms with Crippen molar-refractivity contribution in [2.24, 2.45) is 11.3 Å². The van der Waals surface area contributed by atoms with E-state index in [1.165, 1.54) is 0 Å². The van der Waals surface area contributed by atoms with E-state index in [-0.39, 0.29) is 29.7 Å². The molecule has 5 heteroatoms. The normalized spacial score (nSPS) is 27.1. The van der Waals surface area contributed by atoms with Gasteiger partial charge in [0.1, 0.15) is 0 Å². The first kappa shape index (κ1) is 13.3. The highest BCUT2D eigenvalue weighted by Gasteiger charge is 2.47. The molecule has 1 heterocycles. The van der Waals surface area contributed by atoms with Gasteiger partial charge in [-0.05, 0) is 24.2 Å². The number of carbonyl (C=O) groups excluding carboxylic acids is 1. The van der Waals surface area contributed by atoms with Crippen molar-refractivity contribution >= 4 is 11.9 Å². The van der Waals surface area contributed by atoms with Gasteiger partial charge in [0.15, 0.2) is 0 Å². The second-order valence-corrected chi connectivity index (χ2v) is 6.02. The Kier molecular flexibility index (Phi) is 3.61. The summed E-state index contributed by atoms with van der Waals surface area (Å²) in [5, 5.41) is 11.8. The molecule has 1 saturated heterocycles. The summed E-state index contributed by atoms with van der Waals surface area (Å²) in [7, 11) is 0. The number of nitrogens with zero attached hydrogens (tertiary/aromatic N) is 1. The number of aliphatic carboxylic acids is 1. The van der Waals surface area contributed by atoms with Gasteiger partial charge in [0, 0.05) is 19.6 Å². The van der Waals surface area contributed by atoms with Crippen LogP contribution >= 0.6 is 0 Å². The molecule has 102 valence electrons. The fourth-order valence-electron chi connectivity index (χ4n) is 2.95. The minimum Gasteiger partial charge on any atom is -0.481 e. The fraction of sp³-hybridized carbons (Fsp3) is 0.846. The third kappa shape index (κ3) is 2.83. The minimum atomic E-state index is -0.727. The van der Waals surface area contributed by atoms with Gasteiger partial charge in [0.2, 0.25) is 5.91 Å². The molecule has 1 aliphatic carbocycles. The standard InChI is InChI=1S/C13H22N2O3/c1-9(2)11-12(18)14-5-6-15(11)8-13(3-4-13)7-10(16)17/h9,11H,3-8H2,1-2H3,(H,14,18)(H,16,17). The fourth-order valence-corrected chi connectivity index (χ4v) is 2.95. The predicted molar refractivity (Wildman–Crippen MR) is 67.1 cm³/mol. The van der Waals surface area contributed by atoms with Gasteiger partial charge in [0.05, 0.1) is 12.5 Å². The second-order valence-electron chi connectivity index (χ2n) is 6.02. The number of carbonyl (C=O) groups is 2. The number of hydrogen-bond donors (Lipinski definition) is 2. The smallest absolute Gasteiger partial charge is 0.303 e. The lowest BCUT2D eigenvalue weighted by molar-refractivity contribution is -0.138. The van der Waals surface area contributed by atoms with Crippen molar-refractivity contribution in [1.29, 1.82) is 0 Å². The van der Waals surface area contributed by atoms with Crippen LogP contribution in [0.2, 0.25) is 0 Å². The molecular weight excluding hydrogens is 232 g/mol.